The van der Waals surface area contributed by atoms with Crippen LogP contribution < -0.4 is 5.73 Å². The Morgan fingerprint density at radius 3 is 2.92 bits per heavy atom. The van der Waals surface area contributed by atoms with E-state index in [0.29, 0.717) is 5.02 Å². The predicted molar refractivity (Wildman–Crippen MR) is 52.3 cm³/mol. The summed E-state index contributed by atoms with van der Waals surface area (Å²) in [5.74, 6) is 0. The summed E-state index contributed by atoms with van der Waals surface area (Å²) < 4.78 is 2.00. The van der Waals surface area contributed by atoms with Gasteiger partial charge in [0.2, 0.25) is 0 Å². The summed E-state index contributed by atoms with van der Waals surface area (Å²) in [5.41, 5.74) is 7.58. The molecule has 0 unspecified atom stereocenters. The van der Waals surface area contributed by atoms with Crippen molar-refractivity contribution in [2.75, 3.05) is 5.73 Å². The van der Waals surface area contributed by atoms with Crippen LogP contribution in [-0.4, -0.2) is 4.57 Å². The van der Waals surface area contributed by atoms with Gasteiger partial charge in [-0.3, -0.25) is 0 Å². The molecule has 2 aromatic rings. The van der Waals surface area contributed by atoms with Crippen molar-refractivity contribution in [1.29, 1.82) is 0 Å². The lowest BCUT2D eigenvalue weighted by Gasteiger charge is -1.99. The number of nitrogens with zero attached hydrogens (tertiary/aromatic N) is 1. The van der Waals surface area contributed by atoms with Gasteiger partial charge in [-0.2, -0.15) is 0 Å². The first-order chi connectivity index (χ1) is 5.68. The monoisotopic (exact) mass is 180 g/mol. The van der Waals surface area contributed by atoms with Gasteiger partial charge in [-0.25, -0.2) is 0 Å². The summed E-state index contributed by atoms with van der Waals surface area (Å²) in [6.07, 6.45) is 1.97. The molecular weight excluding hydrogens is 172 g/mol. The van der Waals surface area contributed by atoms with Crippen molar-refractivity contribution in [2.24, 2.45) is 7.05 Å². The average molecular weight is 181 g/mol. The number of fused-ring (bicyclic) bond motifs is 1. The first kappa shape index (κ1) is 7.50. The fourth-order valence-corrected chi connectivity index (χ4v) is 1.59. The highest BCUT2D eigenvalue weighted by atomic mass is 35.5. The topological polar surface area (TPSA) is 30.9 Å². The number of aryl methyl sites for hydroxylation is 1. The number of hydrogen-bond acceptors (Lipinski definition) is 1. The molecule has 0 saturated carbocycles. The maximum atomic E-state index is 5.86. The van der Waals surface area contributed by atoms with Gasteiger partial charge in [-0.1, -0.05) is 11.6 Å². The zero-order chi connectivity index (χ0) is 8.72. The van der Waals surface area contributed by atoms with Crippen LogP contribution in [0, 0.1) is 0 Å². The van der Waals surface area contributed by atoms with Gasteiger partial charge in [0, 0.05) is 29.3 Å². The van der Waals surface area contributed by atoms with E-state index in [1.807, 2.05) is 29.9 Å². The van der Waals surface area contributed by atoms with E-state index in [2.05, 4.69) is 0 Å². The van der Waals surface area contributed by atoms with Crippen LogP contribution in [-0.2, 0) is 7.05 Å². The fraction of sp³-hybridized carbons (Fsp3) is 0.111. The number of anilines is 1. The molecule has 0 aliphatic rings. The van der Waals surface area contributed by atoms with Gasteiger partial charge in [0.1, 0.15) is 0 Å². The van der Waals surface area contributed by atoms with E-state index in [1.165, 1.54) is 0 Å². The maximum Gasteiger partial charge on any atom is 0.0513 e. The molecule has 62 valence electrons. The second-order valence-electron chi connectivity index (χ2n) is 2.85. The highest BCUT2D eigenvalue weighted by Crippen LogP contribution is 2.25. The Balaban J connectivity index is 2.92. The highest BCUT2D eigenvalue weighted by molar-refractivity contribution is 6.31. The van der Waals surface area contributed by atoms with Crippen LogP contribution in [0.4, 0.5) is 5.69 Å². The number of rotatable bonds is 0. The molecule has 0 radical (unpaired) electrons. The smallest absolute Gasteiger partial charge is 0.0513 e. The van der Waals surface area contributed by atoms with E-state index in [9.17, 15) is 0 Å². The number of nitrogens with two attached hydrogens (primary N) is 1. The van der Waals surface area contributed by atoms with Gasteiger partial charge < -0.3 is 10.3 Å². The fourth-order valence-electron chi connectivity index (χ4n) is 1.36. The van der Waals surface area contributed by atoms with Crippen molar-refractivity contribution in [3.05, 3.63) is 29.4 Å². The number of aromatic nitrogens is 1. The normalized spacial score (nSPS) is 10.8. The minimum Gasteiger partial charge on any atom is -0.398 e. The second-order valence-corrected chi connectivity index (χ2v) is 3.29. The third-order valence-electron chi connectivity index (χ3n) is 2.00. The number of hydrogen-bond donors (Lipinski definition) is 1. The Hall–Kier alpha value is -1.15. The van der Waals surface area contributed by atoms with Gasteiger partial charge >= 0.3 is 0 Å². The zero-order valence-corrected chi connectivity index (χ0v) is 7.47. The molecular formula is C9H9ClN2. The van der Waals surface area contributed by atoms with Crippen LogP contribution in [0.3, 0.4) is 0 Å². The molecule has 0 spiro atoms. The summed E-state index contributed by atoms with van der Waals surface area (Å²) >= 11 is 5.86. The van der Waals surface area contributed by atoms with Gasteiger partial charge in [-0.15, -0.1) is 0 Å². The van der Waals surface area contributed by atoms with Crippen molar-refractivity contribution in [3.8, 4) is 0 Å². The molecule has 0 atom stereocenters. The molecule has 2 nitrogen and oxygen atoms in total. The van der Waals surface area contributed by atoms with Gasteiger partial charge in [-0.05, 0) is 18.2 Å². The molecule has 1 aromatic carbocycles. The lowest BCUT2D eigenvalue weighted by atomic mass is 10.2. The minimum absolute atomic E-state index is 0.682. The predicted octanol–water partition coefficient (Wildman–Crippen LogP) is 2.41. The van der Waals surface area contributed by atoms with Crippen LogP contribution >= 0.6 is 11.6 Å². The van der Waals surface area contributed by atoms with Crippen LogP contribution in [0.1, 0.15) is 0 Å². The van der Waals surface area contributed by atoms with Crippen LogP contribution in [0.15, 0.2) is 24.4 Å². The van der Waals surface area contributed by atoms with Crippen LogP contribution in [0.25, 0.3) is 10.9 Å². The van der Waals surface area contributed by atoms with Gasteiger partial charge in [0.15, 0.2) is 0 Å². The zero-order valence-electron chi connectivity index (χ0n) is 6.71. The minimum atomic E-state index is 0.682. The molecule has 2 rings (SSSR count). The van der Waals surface area contributed by atoms with Crippen LogP contribution in [0.2, 0.25) is 5.02 Å². The molecule has 3 heteroatoms. The molecule has 1 aromatic heterocycles. The Kier molecular flexibility index (Phi) is 1.51. The van der Waals surface area contributed by atoms with Crippen molar-refractivity contribution in [2.45, 2.75) is 0 Å². The second kappa shape index (κ2) is 2.42. The van der Waals surface area contributed by atoms with E-state index in [0.717, 1.165) is 16.6 Å². The summed E-state index contributed by atoms with van der Waals surface area (Å²) in [4.78, 5) is 0. The summed E-state index contributed by atoms with van der Waals surface area (Å²) in [7, 11) is 1.97. The Morgan fingerprint density at radius 2 is 2.17 bits per heavy atom. The van der Waals surface area contributed by atoms with Crippen LogP contribution in [0.5, 0.6) is 0 Å². The number of benzene rings is 1. The molecule has 2 N–H and O–H groups in total. The maximum absolute atomic E-state index is 5.86. The Labute approximate surface area is 75.5 Å². The van der Waals surface area contributed by atoms with Gasteiger partial charge in [0.25, 0.3) is 0 Å². The van der Waals surface area contributed by atoms with Crippen molar-refractivity contribution in [1.82, 2.24) is 4.57 Å². The van der Waals surface area contributed by atoms with Gasteiger partial charge in [0.05, 0.1) is 5.52 Å². The quantitative estimate of drug-likeness (QED) is 0.621. The number of halogens is 1. The molecule has 0 amide bonds. The molecule has 1 heterocycles. The van der Waals surface area contributed by atoms with Crippen molar-refractivity contribution in [3.63, 3.8) is 0 Å². The lowest BCUT2D eigenvalue weighted by molar-refractivity contribution is 0.969. The third kappa shape index (κ3) is 0.959. The lowest BCUT2D eigenvalue weighted by Crippen LogP contribution is -1.88. The molecule has 0 saturated heterocycles. The standard InChI is InChI=1S/C9H9ClN2/c1-12-3-2-7-8(11)4-6(10)5-9(7)12/h2-5H,11H2,1H3. The summed E-state index contributed by atoms with van der Waals surface area (Å²) in [5, 5.41) is 1.74. The molecule has 0 bridgehead atoms. The van der Waals surface area contributed by atoms with E-state index in [4.69, 9.17) is 17.3 Å². The average Bonchev–Trinajstić information content (AvgIpc) is 2.33. The third-order valence-corrected chi connectivity index (χ3v) is 2.22. The van der Waals surface area contributed by atoms with E-state index < -0.39 is 0 Å². The van der Waals surface area contributed by atoms with E-state index >= 15 is 0 Å². The first-order valence-corrected chi connectivity index (χ1v) is 4.06. The molecule has 0 fully saturated rings. The molecule has 0 aliphatic heterocycles. The summed E-state index contributed by atoms with van der Waals surface area (Å²) in [6.45, 7) is 0. The SMILES string of the molecule is Cn1ccc2c(N)cc(Cl)cc21. The van der Waals surface area contributed by atoms with Crippen molar-refractivity contribution < 1.29 is 0 Å². The molecule has 12 heavy (non-hydrogen) atoms. The van der Waals surface area contributed by atoms with Crippen molar-refractivity contribution >= 4 is 28.2 Å². The van der Waals surface area contributed by atoms with E-state index in [-0.39, 0.29) is 0 Å². The highest BCUT2D eigenvalue weighted by Gasteiger charge is 2.02. The number of nitrogen functional groups attached to an aromatic ring is 1. The first-order valence-electron chi connectivity index (χ1n) is 3.68. The largest absolute Gasteiger partial charge is 0.398 e. The van der Waals surface area contributed by atoms with E-state index in [1.54, 1.807) is 6.07 Å². The molecule has 0 aliphatic carbocycles. The Morgan fingerprint density at radius 1 is 1.42 bits per heavy atom. The Bertz CT molecular complexity index is 431. The summed E-state index contributed by atoms with van der Waals surface area (Å²) in [6, 6.07) is 5.66.